The van der Waals surface area contributed by atoms with Gasteiger partial charge in [0, 0.05) is 5.75 Å². The highest BCUT2D eigenvalue weighted by Gasteiger charge is 1.95. The molecule has 1 aliphatic heterocycles. The van der Waals surface area contributed by atoms with Gasteiger partial charge in [-0.05, 0) is 6.42 Å². The lowest BCUT2D eigenvalue weighted by molar-refractivity contribution is 0.366. The second kappa shape index (κ2) is 2.84. The highest BCUT2D eigenvalue weighted by Crippen LogP contribution is 2.34. The quantitative estimate of drug-likeness (QED) is 0.452. The van der Waals surface area contributed by atoms with E-state index in [-0.39, 0.29) is 0 Å². The highest BCUT2D eigenvalue weighted by atomic mass is 32.7. The van der Waals surface area contributed by atoms with Crippen molar-refractivity contribution in [3.63, 3.8) is 0 Å². The fourth-order valence-corrected chi connectivity index (χ4v) is 2.17. The second-order valence-corrected chi connectivity index (χ2v) is 3.65. The van der Waals surface area contributed by atoms with Gasteiger partial charge in [0.25, 0.3) is 0 Å². The van der Waals surface area contributed by atoms with Gasteiger partial charge in [0.1, 0.15) is 0 Å². The molecule has 0 aromatic rings. The molecule has 1 rings (SSSR count). The van der Waals surface area contributed by atoms with Crippen LogP contribution in [0.2, 0.25) is 0 Å². The van der Waals surface area contributed by atoms with Crippen LogP contribution in [0.3, 0.4) is 0 Å². The Kier molecular flexibility index (Phi) is 2.31. The van der Waals surface area contributed by atoms with Gasteiger partial charge in [0.15, 0.2) is 0 Å². The molecule has 0 bridgehead atoms. The minimum Gasteiger partial charge on any atom is -0.351 e. The van der Waals surface area contributed by atoms with Crippen LogP contribution in [-0.2, 0) is 4.52 Å². The summed E-state index contributed by atoms with van der Waals surface area (Å²) in [6.07, 6.45) is 1.25. The fourth-order valence-electron chi connectivity index (χ4n) is 0.328. The Labute approximate surface area is 43.5 Å². The summed E-state index contributed by atoms with van der Waals surface area (Å²) in [6, 6.07) is 0. The summed E-state index contributed by atoms with van der Waals surface area (Å²) < 4.78 is 5.06. The van der Waals surface area contributed by atoms with Crippen LogP contribution in [0.25, 0.3) is 0 Å². The van der Waals surface area contributed by atoms with E-state index in [4.69, 9.17) is 4.52 Å². The van der Waals surface area contributed by atoms with E-state index in [2.05, 4.69) is 0 Å². The van der Waals surface area contributed by atoms with Gasteiger partial charge in [0.2, 0.25) is 0 Å². The first kappa shape index (κ1) is 4.89. The minimum atomic E-state index is 0.718. The summed E-state index contributed by atoms with van der Waals surface area (Å²) in [6.45, 7) is 0.992. The Hall–Kier alpha value is 0.740. The van der Waals surface area contributed by atoms with E-state index >= 15 is 0 Å². The van der Waals surface area contributed by atoms with Crippen molar-refractivity contribution >= 4 is 19.4 Å². The van der Waals surface area contributed by atoms with E-state index in [1.165, 1.54) is 12.2 Å². The Balaban J connectivity index is 2.00. The molecule has 1 fully saturated rings. The molecule has 1 nitrogen and oxygen atoms in total. The molecule has 1 heterocycles. The Morgan fingerprint density at radius 2 is 2.67 bits per heavy atom. The van der Waals surface area contributed by atoms with Crippen LogP contribution in [0.4, 0.5) is 0 Å². The van der Waals surface area contributed by atoms with Crippen molar-refractivity contribution in [3.8, 4) is 0 Å². The molecule has 3 heteroatoms. The van der Waals surface area contributed by atoms with Gasteiger partial charge in [-0.15, -0.1) is 11.4 Å². The minimum absolute atomic E-state index is 0.718. The predicted molar refractivity (Wildman–Crippen MR) is 31.3 cm³/mol. The van der Waals surface area contributed by atoms with Crippen molar-refractivity contribution in [2.75, 3.05) is 12.4 Å². The monoisotopic (exact) mass is 122 g/mol. The maximum atomic E-state index is 5.06. The maximum absolute atomic E-state index is 5.06. The van der Waals surface area contributed by atoms with Crippen LogP contribution < -0.4 is 0 Å². The largest absolute Gasteiger partial charge is 0.351 e. The van der Waals surface area contributed by atoms with Crippen LogP contribution in [0, 0.1) is 0 Å². The topological polar surface area (TPSA) is 9.23 Å². The molecule has 36 valence electrons. The molecular weight excluding hydrogens is 115 g/mol. The fraction of sp³-hybridized carbons (Fsp3) is 1.00. The van der Waals surface area contributed by atoms with E-state index in [0.29, 0.717) is 0 Å². The smallest absolute Gasteiger partial charge is 0.0744 e. The number of hydrogen-bond acceptors (Lipinski definition) is 2. The third-order valence-corrected chi connectivity index (χ3v) is 2.86. The highest BCUT2D eigenvalue weighted by molar-refractivity contribution is 8.48. The van der Waals surface area contributed by atoms with E-state index in [9.17, 15) is 0 Å². The summed E-state index contributed by atoms with van der Waals surface area (Å²) in [5, 5.41) is 0. The summed E-state index contributed by atoms with van der Waals surface area (Å²) >= 11 is 1.90. The van der Waals surface area contributed by atoms with Gasteiger partial charge in [0.05, 0.1) is 14.6 Å². The van der Waals surface area contributed by atoms with Crippen LogP contribution >= 0.6 is 19.4 Å². The SMILES string of the molecule is C1COPSC1. The normalized spacial score (nSPS) is 28.0. The lowest BCUT2D eigenvalue weighted by Crippen LogP contribution is -1.90. The summed E-state index contributed by atoms with van der Waals surface area (Å²) in [5.41, 5.74) is 0. The third-order valence-electron chi connectivity index (χ3n) is 0.611. The zero-order chi connectivity index (χ0) is 4.24. The van der Waals surface area contributed by atoms with Gasteiger partial charge in [-0.2, -0.15) is 0 Å². The molecule has 0 aromatic carbocycles. The lowest BCUT2D eigenvalue weighted by atomic mass is 10.5. The average molecular weight is 122 g/mol. The molecule has 0 aliphatic carbocycles. The zero-order valence-electron chi connectivity index (χ0n) is 3.44. The van der Waals surface area contributed by atoms with Gasteiger partial charge >= 0.3 is 0 Å². The molecule has 0 amide bonds. The van der Waals surface area contributed by atoms with Crippen molar-refractivity contribution in [2.24, 2.45) is 0 Å². The van der Waals surface area contributed by atoms with E-state index in [1.54, 1.807) is 0 Å². The van der Waals surface area contributed by atoms with Crippen molar-refractivity contribution < 1.29 is 4.52 Å². The van der Waals surface area contributed by atoms with Crippen LogP contribution in [-0.4, -0.2) is 12.4 Å². The van der Waals surface area contributed by atoms with Crippen LogP contribution in [0.1, 0.15) is 6.42 Å². The molecule has 6 heavy (non-hydrogen) atoms. The zero-order valence-corrected chi connectivity index (χ0v) is 5.25. The average Bonchev–Trinajstić information content (AvgIpc) is 1.72. The number of rotatable bonds is 0. The van der Waals surface area contributed by atoms with E-state index < -0.39 is 0 Å². The first-order valence-corrected chi connectivity index (χ1v) is 4.60. The Bertz CT molecular complexity index is 26.3. The molecule has 0 N–H and O–H groups in total. The van der Waals surface area contributed by atoms with Crippen molar-refractivity contribution in [1.82, 2.24) is 0 Å². The summed E-state index contributed by atoms with van der Waals surface area (Å²) in [4.78, 5) is 0. The standard InChI is InChI=1S/C3H7OPS/c1-2-4-5-6-3-1/h5H,1-3H2. The molecule has 0 radical (unpaired) electrons. The Morgan fingerprint density at radius 3 is 2.83 bits per heavy atom. The molecule has 1 unspecified atom stereocenters. The molecular formula is C3H7OPS. The van der Waals surface area contributed by atoms with E-state index in [1.807, 2.05) is 11.4 Å². The molecule has 1 aliphatic rings. The van der Waals surface area contributed by atoms with Gasteiger partial charge in [-0.25, -0.2) is 0 Å². The molecule has 0 spiro atoms. The third kappa shape index (κ3) is 1.46. The van der Waals surface area contributed by atoms with Gasteiger partial charge in [-0.1, -0.05) is 0 Å². The van der Waals surface area contributed by atoms with Gasteiger partial charge < -0.3 is 4.52 Å². The van der Waals surface area contributed by atoms with Crippen LogP contribution in [0.15, 0.2) is 0 Å². The lowest BCUT2D eigenvalue weighted by Gasteiger charge is -2.07. The van der Waals surface area contributed by atoms with Crippen molar-refractivity contribution in [1.29, 1.82) is 0 Å². The second-order valence-electron chi connectivity index (χ2n) is 1.13. The summed E-state index contributed by atoms with van der Waals surface area (Å²) in [5.74, 6) is 1.30. The van der Waals surface area contributed by atoms with Crippen LogP contribution in [0.5, 0.6) is 0 Å². The first-order valence-electron chi connectivity index (χ1n) is 1.99. The molecule has 1 atom stereocenters. The molecule has 0 saturated carbocycles. The Morgan fingerprint density at radius 1 is 1.67 bits per heavy atom. The number of hydrogen-bond donors (Lipinski definition) is 0. The first-order chi connectivity index (χ1) is 3.00. The summed E-state index contributed by atoms with van der Waals surface area (Å²) in [7, 11) is 0.718. The van der Waals surface area contributed by atoms with Gasteiger partial charge in [-0.3, -0.25) is 0 Å². The molecule has 0 aromatic heterocycles. The maximum Gasteiger partial charge on any atom is 0.0744 e. The molecule has 1 saturated heterocycles. The van der Waals surface area contributed by atoms with Crippen molar-refractivity contribution in [2.45, 2.75) is 6.42 Å². The van der Waals surface area contributed by atoms with Crippen molar-refractivity contribution in [3.05, 3.63) is 0 Å². The predicted octanol–water partition coefficient (Wildman–Crippen LogP) is 1.65. The van der Waals surface area contributed by atoms with E-state index in [0.717, 1.165) is 14.6 Å².